The van der Waals surface area contributed by atoms with Crippen LogP contribution in [0, 0.1) is 0 Å². The molecule has 5 nitrogen and oxygen atoms in total. The Hall–Kier alpha value is -3.13. The molecule has 46 heavy (non-hydrogen) atoms. The maximum atomic E-state index is 12.8. The van der Waals surface area contributed by atoms with Crippen molar-refractivity contribution in [1.29, 1.82) is 0 Å². The van der Waals surface area contributed by atoms with Gasteiger partial charge in [-0.3, -0.25) is 4.79 Å². The Kier molecular flexibility index (Phi) is 26.4. The molecule has 2 aromatic rings. The molecule has 0 fully saturated rings. The van der Waals surface area contributed by atoms with Gasteiger partial charge in [0.25, 0.3) is 0 Å². The van der Waals surface area contributed by atoms with E-state index in [1.54, 1.807) is 19.2 Å². The van der Waals surface area contributed by atoms with Gasteiger partial charge >= 0.3 is 0 Å². The molecule has 0 saturated heterocycles. The normalized spacial score (nSPS) is 12.1. The first-order valence-corrected chi connectivity index (χ1v) is 16.6. The minimum Gasteiger partial charge on any atom is -0.400 e. The topological polar surface area (TPSA) is 73.4 Å². The summed E-state index contributed by atoms with van der Waals surface area (Å²) in [5.74, 6) is -2.20. The van der Waals surface area contributed by atoms with Crippen molar-refractivity contribution in [2.45, 2.75) is 98.3 Å². The third-order valence-electron chi connectivity index (χ3n) is 7.22. The Morgan fingerprint density at radius 3 is 1.80 bits per heavy atom. The molecule has 0 bridgehead atoms. The molecule has 4 N–H and O–H groups in total. The number of unbranched alkanes of at least 4 members (excludes halogenated alkanes) is 1. The highest BCUT2D eigenvalue weighted by atomic mass is 19.3. The number of halogens is 2. The lowest BCUT2D eigenvalue weighted by molar-refractivity contribution is -0.121. The molecule has 0 spiro atoms. The van der Waals surface area contributed by atoms with Gasteiger partial charge in [0.15, 0.2) is 0 Å². The number of rotatable bonds is 15. The summed E-state index contributed by atoms with van der Waals surface area (Å²) in [7, 11) is 1.00. The Labute approximate surface area is 279 Å². The minimum atomic E-state index is -2.46. The van der Waals surface area contributed by atoms with E-state index in [9.17, 15) is 13.6 Å². The monoisotopic (exact) mass is 643 g/mol. The van der Waals surface area contributed by atoms with Crippen molar-refractivity contribution in [3.05, 3.63) is 96.9 Å². The number of alkyl halides is 2. The molecule has 0 aromatic heterocycles. The smallest absolute Gasteiger partial charge is 0.245 e. The fraction of sp³-hybridized carbons (Fsp3) is 0.513. The summed E-state index contributed by atoms with van der Waals surface area (Å²) in [6.07, 6.45) is 10.9. The maximum absolute atomic E-state index is 12.8. The van der Waals surface area contributed by atoms with Gasteiger partial charge in [0.05, 0.1) is 5.41 Å². The average molecular weight is 644 g/mol. The lowest BCUT2D eigenvalue weighted by atomic mass is 9.71. The molecule has 0 unspecified atom stereocenters. The zero-order valence-corrected chi connectivity index (χ0v) is 29.9. The second kappa shape index (κ2) is 27.0. The molecule has 0 heterocycles. The number of hydrogen-bond acceptors (Lipinski definition) is 5. The second-order valence-electron chi connectivity index (χ2n) is 11.0. The van der Waals surface area contributed by atoms with E-state index in [-0.39, 0.29) is 12.2 Å². The van der Waals surface area contributed by atoms with Crippen molar-refractivity contribution in [3.63, 3.8) is 0 Å². The van der Waals surface area contributed by atoms with Crippen LogP contribution in [0.25, 0.3) is 11.1 Å². The number of benzene rings is 2. The highest BCUT2D eigenvalue weighted by molar-refractivity contribution is 6.00. The summed E-state index contributed by atoms with van der Waals surface area (Å²) < 4.78 is 22.9. The zero-order chi connectivity index (χ0) is 35.4. The Morgan fingerprint density at radius 1 is 0.891 bits per heavy atom. The molecule has 1 aliphatic rings. The lowest BCUT2D eigenvalue weighted by Crippen LogP contribution is -2.33. The SMILES string of the molecule is C=CC.C=CN/C(C)=C/CCNCCC.CCC(C)(F)F.CCNCCCCC1(C(C)=O)c2ccccc2-c2ccccc21.CO. The summed E-state index contributed by atoms with van der Waals surface area (Å²) in [6, 6.07) is 16.8. The summed E-state index contributed by atoms with van der Waals surface area (Å²) in [6.45, 7) is 23.5. The van der Waals surface area contributed by atoms with E-state index in [1.807, 2.05) is 13.8 Å². The van der Waals surface area contributed by atoms with E-state index in [4.69, 9.17) is 5.11 Å². The summed E-state index contributed by atoms with van der Waals surface area (Å²) in [5, 5.41) is 16.7. The molecule has 0 amide bonds. The van der Waals surface area contributed by atoms with E-state index >= 15 is 0 Å². The van der Waals surface area contributed by atoms with Gasteiger partial charge < -0.3 is 21.1 Å². The van der Waals surface area contributed by atoms with Crippen LogP contribution in [0.1, 0.15) is 98.1 Å². The van der Waals surface area contributed by atoms with Gasteiger partial charge in [-0.05, 0) is 108 Å². The molecular weight excluding hydrogens is 580 g/mol. The van der Waals surface area contributed by atoms with Crippen LogP contribution in [-0.2, 0) is 10.2 Å². The number of fused-ring (bicyclic) bond motifs is 3. The molecule has 0 atom stereocenters. The number of nitrogens with one attached hydrogen (secondary N) is 3. The minimum absolute atomic E-state index is 0.0625. The quantitative estimate of drug-likeness (QED) is 0.115. The van der Waals surface area contributed by atoms with Gasteiger partial charge in [-0.1, -0.05) is 94.5 Å². The van der Waals surface area contributed by atoms with Gasteiger partial charge in [0.1, 0.15) is 5.78 Å². The molecule has 260 valence electrons. The fourth-order valence-corrected chi connectivity index (χ4v) is 4.88. The number of aliphatic hydroxyl groups is 1. The van der Waals surface area contributed by atoms with Crippen molar-refractivity contribution in [2.75, 3.05) is 33.3 Å². The van der Waals surface area contributed by atoms with Gasteiger partial charge in [-0.25, -0.2) is 8.78 Å². The first-order chi connectivity index (χ1) is 22.0. The van der Waals surface area contributed by atoms with Crippen molar-refractivity contribution in [1.82, 2.24) is 16.0 Å². The van der Waals surface area contributed by atoms with E-state index in [0.29, 0.717) is 0 Å². The average Bonchev–Trinajstić information content (AvgIpc) is 3.33. The highest BCUT2D eigenvalue weighted by Crippen LogP contribution is 2.51. The van der Waals surface area contributed by atoms with E-state index < -0.39 is 11.3 Å². The van der Waals surface area contributed by atoms with E-state index in [1.165, 1.54) is 41.3 Å². The Balaban J connectivity index is 0. The number of carbonyl (C=O) groups excluding carboxylic acids is 1. The van der Waals surface area contributed by atoms with Crippen LogP contribution in [0.4, 0.5) is 8.78 Å². The van der Waals surface area contributed by atoms with Crippen molar-refractivity contribution < 1.29 is 18.7 Å². The van der Waals surface area contributed by atoms with Gasteiger partial charge in [0.2, 0.25) is 5.92 Å². The molecule has 1 aliphatic carbocycles. The van der Waals surface area contributed by atoms with Crippen LogP contribution < -0.4 is 16.0 Å². The van der Waals surface area contributed by atoms with E-state index in [0.717, 1.165) is 65.9 Å². The standard InChI is InChI=1S/C21H25NO.C10H20N2.C4H8F2.C3H6.CH4O/c1-3-22-15-9-8-14-21(16(2)23)19-12-6-4-10-17(19)18-11-5-7-13-20(18)21;1-4-8-11-9-6-7-10(3)12-5-2;1-3-4(2,5)6;1-3-2;1-2/h4-7,10-13,22H,3,8-9,14-15H2,1-2H3;5,7,11-12H,2,4,6,8-9H2,1,3H3;3H2,1-2H3;3H,1H2,2H3;2H,1H3/b;10-7+;;;. The fourth-order valence-electron chi connectivity index (χ4n) is 4.88. The number of carbonyl (C=O) groups is 1. The van der Waals surface area contributed by atoms with Crippen LogP contribution in [0.5, 0.6) is 0 Å². The van der Waals surface area contributed by atoms with Crippen LogP contribution in [-0.4, -0.2) is 50.1 Å². The molecule has 0 aliphatic heterocycles. The van der Waals surface area contributed by atoms with Gasteiger partial charge in [-0.15, -0.1) is 6.58 Å². The van der Waals surface area contributed by atoms with Gasteiger partial charge in [0, 0.05) is 19.2 Å². The Morgan fingerprint density at radius 2 is 1.39 bits per heavy atom. The molecule has 0 radical (unpaired) electrons. The number of ketones is 1. The number of allylic oxidation sites excluding steroid dienone is 2. The summed E-state index contributed by atoms with van der Waals surface area (Å²) in [5.41, 5.74) is 5.55. The summed E-state index contributed by atoms with van der Waals surface area (Å²) in [4.78, 5) is 12.8. The van der Waals surface area contributed by atoms with Crippen molar-refractivity contribution in [3.8, 4) is 11.1 Å². The van der Waals surface area contributed by atoms with Crippen molar-refractivity contribution in [2.24, 2.45) is 0 Å². The second-order valence-corrected chi connectivity index (χ2v) is 11.0. The lowest BCUT2D eigenvalue weighted by Gasteiger charge is -2.29. The van der Waals surface area contributed by atoms with Crippen LogP contribution >= 0.6 is 0 Å². The maximum Gasteiger partial charge on any atom is 0.245 e. The highest BCUT2D eigenvalue weighted by Gasteiger charge is 2.46. The molecular formula is C39H63F2N3O2. The first-order valence-electron chi connectivity index (χ1n) is 16.6. The first kappa shape index (κ1) is 45.0. The Bertz CT molecular complexity index is 1080. The number of Topliss-reactive ketones (excluding diaryl/α,β-unsaturated/α-hetero) is 1. The zero-order valence-electron chi connectivity index (χ0n) is 29.9. The van der Waals surface area contributed by atoms with Crippen LogP contribution in [0.15, 0.2) is 85.7 Å². The van der Waals surface area contributed by atoms with Crippen molar-refractivity contribution >= 4 is 5.78 Å². The molecule has 3 rings (SSSR count). The predicted octanol–water partition coefficient (Wildman–Crippen LogP) is 9.19. The van der Waals surface area contributed by atoms with E-state index in [2.05, 4.69) is 97.6 Å². The third-order valence-corrected chi connectivity index (χ3v) is 7.22. The predicted molar refractivity (Wildman–Crippen MR) is 196 cm³/mol. The third kappa shape index (κ3) is 17.0. The van der Waals surface area contributed by atoms with Gasteiger partial charge in [-0.2, -0.15) is 0 Å². The molecule has 2 aromatic carbocycles. The summed E-state index contributed by atoms with van der Waals surface area (Å²) >= 11 is 0. The largest absolute Gasteiger partial charge is 0.400 e. The molecule has 7 heteroatoms. The van der Waals surface area contributed by atoms with Crippen LogP contribution in [0.2, 0.25) is 0 Å². The van der Waals surface area contributed by atoms with Crippen LogP contribution in [0.3, 0.4) is 0 Å². The molecule has 0 saturated carbocycles. The number of hydrogen-bond donors (Lipinski definition) is 4. The number of aliphatic hydroxyl groups excluding tert-OH is 1.